The first kappa shape index (κ1) is 14.3. The van der Waals surface area contributed by atoms with Gasteiger partial charge in [0.05, 0.1) is 4.88 Å². The predicted molar refractivity (Wildman–Crippen MR) is 83.6 cm³/mol. The molecule has 0 spiro atoms. The third kappa shape index (κ3) is 3.45. The molecule has 1 aromatic carbocycles. The van der Waals surface area contributed by atoms with Gasteiger partial charge >= 0.3 is 0 Å². The summed E-state index contributed by atoms with van der Waals surface area (Å²) in [5.41, 5.74) is 2.27. The van der Waals surface area contributed by atoms with Crippen LogP contribution in [0.4, 0.5) is 0 Å². The van der Waals surface area contributed by atoms with Crippen molar-refractivity contribution in [3.05, 3.63) is 56.2 Å². The molecule has 0 saturated carbocycles. The smallest absolute Gasteiger partial charge is 0.264 e. The van der Waals surface area contributed by atoms with Gasteiger partial charge in [-0.15, -0.1) is 11.3 Å². The van der Waals surface area contributed by atoms with Crippen molar-refractivity contribution in [3.63, 3.8) is 0 Å². The van der Waals surface area contributed by atoms with Crippen LogP contribution >= 0.6 is 27.3 Å². The van der Waals surface area contributed by atoms with E-state index in [1.807, 2.05) is 42.8 Å². The Hall–Kier alpha value is -1.13. The Morgan fingerprint density at radius 1 is 1.26 bits per heavy atom. The van der Waals surface area contributed by atoms with Gasteiger partial charge in [-0.25, -0.2) is 0 Å². The van der Waals surface area contributed by atoms with Gasteiger partial charge in [0.25, 0.3) is 5.91 Å². The van der Waals surface area contributed by atoms with E-state index in [2.05, 4.69) is 22.9 Å². The van der Waals surface area contributed by atoms with Gasteiger partial charge in [-0.05, 0) is 41.1 Å². The zero-order valence-corrected chi connectivity index (χ0v) is 13.4. The fourth-order valence-corrected chi connectivity index (χ4v) is 3.16. The Balaban J connectivity index is 2.09. The van der Waals surface area contributed by atoms with Gasteiger partial charge in [-0.1, -0.05) is 35.0 Å². The van der Waals surface area contributed by atoms with E-state index >= 15 is 0 Å². The van der Waals surface area contributed by atoms with Gasteiger partial charge in [0.15, 0.2) is 0 Å². The van der Waals surface area contributed by atoms with Crippen LogP contribution in [0.25, 0.3) is 0 Å². The second-order valence-corrected chi connectivity index (χ2v) is 6.25. The summed E-state index contributed by atoms with van der Waals surface area (Å²) in [5.74, 6) is 0.106. The molecule has 0 radical (unpaired) electrons. The molecule has 1 heterocycles. The average molecular weight is 338 g/mol. The molecule has 4 heteroatoms. The van der Waals surface area contributed by atoms with Crippen molar-refractivity contribution in [3.8, 4) is 0 Å². The zero-order valence-electron chi connectivity index (χ0n) is 11.0. The molecule has 2 nitrogen and oxygen atoms in total. The van der Waals surface area contributed by atoms with Gasteiger partial charge in [-0.3, -0.25) is 4.79 Å². The number of thiophene rings is 1. The Kier molecular flexibility index (Phi) is 4.77. The Morgan fingerprint density at radius 3 is 2.58 bits per heavy atom. The summed E-state index contributed by atoms with van der Waals surface area (Å²) in [6, 6.07) is 10.1. The first-order valence-electron chi connectivity index (χ1n) is 6.18. The molecule has 100 valence electrons. The van der Waals surface area contributed by atoms with Crippen molar-refractivity contribution in [1.29, 1.82) is 0 Å². The van der Waals surface area contributed by atoms with Gasteiger partial charge in [0.1, 0.15) is 0 Å². The number of carbonyl (C=O) groups is 1. The molecule has 0 aliphatic carbocycles. The number of hydrogen-bond donors (Lipinski definition) is 0. The molecule has 0 aliphatic rings. The summed E-state index contributed by atoms with van der Waals surface area (Å²) in [6.45, 7) is 2.71. The third-order valence-electron chi connectivity index (χ3n) is 3.00. The Bertz CT molecular complexity index is 562. The molecule has 0 atom stereocenters. The average Bonchev–Trinajstić information content (AvgIpc) is 2.88. The van der Waals surface area contributed by atoms with Crippen molar-refractivity contribution in [2.45, 2.75) is 19.9 Å². The SMILES string of the molecule is CCc1ccsc1C(=O)N(C)Cc1ccc(Br)cc1. The number of amides is 1. The monoisotopic (exact) mass is 337 g/mol. The van der Waals surface area contributed by atoms with Crippen LogP contribution in [0.2, 0.25) is 0 Å². The number of aryl methyl sites for hydroxylation is 1. The van der Waals surface area contributed by atoms with E-state index < -0.39 is 0 Å². The molecular weight excluding hydrogens is 322 g/mol. The highest BCUT2D eigenvalue weighted by Gasteiger charge is 2.16. The maximum atomic E-state index is 12.4. The maximum Gasteiger partial charge on any atom is 0.264 e. The second kappa shape index (κ2) is 6.35. The summed E-state index contributed by atoms with van der Waals surface area (Å²) in [5, 5.41) is 1.99. The van der Waals surface area contributed by atoms with Crippen LogP contribution in [0.1, 0.15) is 27.7 Å². The number of hydrogen-bond acceptors (Lipinski definition) is 2. The summed E-state index contributed by atoms with van der Waals surface area (Å²) in [4.78, 5) is 15.0. The molecule has 2 aromatic rings. The van der Waals surface area contributed by atoms with Crippen molar-refractivity contribution in [2.24, 2.45) is 0 Å². The van der Waals surface area contributed by atoms with Crippen LogP contribution in [-0.4, -0.2) is 17.9 Å². The molecule has 1 amide bonds. The van der Waals surface area contributed by atoms with Crippen LogP contribution in [0, 0.1) is 0 Å². The molecule has 2 rings (SSSR count). The number of rotatable bonds is 4. The van der Waals surface area contributed by atoms with E-state index in [4.69, 9.17) is 0 Å². The molecule has 0 saturated heterocycles. The molecule has 0 aliphatic heterocycles. The number of nitrogens with zero attached hydrogens (tertiary/aromatic N) is 1. The highest BCUT2D eigenvalue weighted by molar-refractivity contribution is 9.10. The van der Waals surface area contributed by atoms with E-state index in [0.717, 1.165) is 26.9 Å². The van der Waals surface area contributed by atoms with E-state index in [-0.39, 0.29) is 5.91 Å². The van der Waals surface area contributed by atoms with Crippen LogP contribution in [0.3, 0.4) is 0 Å². The minimum absolute atomic E-state index is 0.106. The zero-order chi connectivity index (χ0) is 13.8. The molecule has 0 fully saturated rings. The predicted octanol–water partition coefficient (Wildman–Crippen LogP) is 4.35. The second-order valence-electron chi connectivity index (χ2n) is 4.42. The lowest BCUT2D eigenvalue weighted by atomic mass is 10.2. The lowest BCUT2D eigenvalue weighted by Crippen LogP contribution is -2.26. The molecule has 0 bridgehead atoms. The van der Waals surface area contributed by atoms with Crippen molar-refractivity contribution < 1.29 is 4.79 Å². The first-order chi connectivity index (χ1) is 9.11. The van der Waals surface area contributed by atoms with Crippen LogP contribution in [-0.2, 0) is 13.0 Å². The molecule has 0 unspecified atom stereocenters. The quantitative estimate of drug-likeness (QED) is 0.812. The van der Waals surface area contributed by atoms with E-state index in [1.165, 1.54) is 11.3 Å². The lowest BCUT2D eigenvalue weighted by Gasteiger charge is -2.17. The van der Waals surface area contributed by atoms with E-state index in [1.54, 1.807) is 4.90 Å². The maximum absolute atomic E-state index is 12.4. The molecule has 19 heavy (non-hydrogen) atoms. The largest absolute Gasteiger partial charge is 0.337 e. The van der Waals surface area contributed by atoms with Crippen LogP contribution in [0.5, 0.6) is 0 Å². The van der Waals surface area contributed by atoms with Crippen LogP contribution in [0.15, 0.2) is 40.2 Å². The summed E-state index contributed by atoms with van der Waals surface area (Å²) in [7, 11) is 1.85. The summed E-state index contributed by atoms with van der Waals surface area (Å²) in [6.07, 6.45) is 0.900. The van der Waals surface area contributed by atoms with Gasteiger partial charge in [-0.2, -0.15) is 0 Å². The number of benzene rings is 1. The van der Waals surface area contributed by atoms with E-state index in [9.17, 15) is 4.79 Å². The van der Waals surface area contributed by atoms with Crippen LogP contribution < -0.4 is 0 Å². The molecule has 1 aromatic heterocycles. The van der Waals surface area contributed by atoms with E-state index in [0.29, 0.717) is 6.54 Å². The Morgan fingerprint density at radius 2 is 1.95 bits per heavy atom. The first-order valence-corrected chi connectivity index (χ1v) is 7.85. The number of carbonyl (C=O) groups excluding carboxylic acids is 1. The van der Waals surface area contributed by atoms with Gasteiger partial charge in [0, 0.05) is 18.1 Å². The standard InChI is InChI=1S/C15H16BrNOS/c1-3-12-8-9-19-14(12)15(18)17(2)10-11-4-6-13(16)7-5-11/h4-9H,3,10H2,1-2H3. The van der Waals surface area contributed by atoms with Crippen molar-refractivity contribution in [1.82, 2.24) is 4.90 Å². The fraction of sp³-hybridized carbons (Fsp3) is 0.267. The summed E-state index contributed by atoms with van der Waals surface area (Å²) >= 11 is 4.94. The fourth-order valence-electron chi connectivity index (χ4n) is 1.91. The highest BCUT2D eigenvalue weighted by atomic mass is 79.9. The number of halogens is 1. The Labute approximate surface area is 126 Å². The highest BCUT2D eigenvalue weighted by Crippen LogP contribution is 2.20. The third-order valence-corrected chi connectivity index (χ3v) is 4.47. The van der Waals surface area contributed by atoms with Gasteiger partial charge in [0.2, 0.25) is 0 Å². The summed E-state index contributed by atoms with van der Waals surface area (Å²) < 4.78 is 1.05. The molecule has 0 N–H and O–H groups in total. The minimum Gasteiger partial charge on any atom is -0.337 e. The van der Waals surface area contributed by atoms with Gasteiger partial charge < -0.3 is 4.90 Å². The molecular formula is C15H16BrNOS. The van der Waals surface area contributed by atoms with Crippen molar-refractivity contribution >= 4 is 33.2 Å². The van der Waals surface area contributed by atoms with Crippen molar-refractivity contribution in [2.75, 3.05) is 7.05 Å². The minimum atomic E-state index is 0.106. The lowest BCUT2D eigenvalue weighted by molar-refractivity contribution is 0.0789. The normalized spacial score (nSPS) is 10.5. The topological polar surface area (TPSA) is 20.3 Å².